The molecule has 2 aromatic carbocycles. The van der Waals surface area contributed by atoms with Gasteiger partial charge in [0.05, 0.1) is 23.0 Å². The fourth-order valence-corrected chi connectivity index (χ4v) is 4.70. The van der Waals surface area contributed by atoms with Crippen LogP contribution in [0.5, 0.6) is 11.5 Å². The van der Waals surface area contributed by atoms with Crippen molar-refractivity contribution < 1.29 is 27.9 Å². The number of non-ortho nitro benzene ring substituents is 1. The van der Waals surface area contributed by atoms with Crippen LogP contribution >= 0.6 is 0 Å². The van der Waals surface area contributed by atoms with Crippen molar-refractivity contribution in [3.8, 4) is 11.5 Å². The Morgan fingerprint density at radius 2 is 1.77 bits per heavy atom. The highest BCUT2D eigenvalue weighted by Gasteiger charge is 2.29. The quantitative estimate of drug-likeness (QED) is 0.448. The van der Waals surface area contributed by atoms with Crippen LogP contribution in [0.25, 0.3) is 0 Å². The number of aliphatic hydroxyl groups is 1. The number of sulfonamides is 1. The van der Waals surface area contributed by atoms with Crippen LogP contribution in [0, 0.1) is 10.1 Å². The van der Waals surface area contributed by atoms with E-state index in [1.165, 1.54) is 41.7 Å². The smallest absolute Gasteiger partial charge is 0.273 e. The fourth-order valence-electron chi connectivity index (χ4n) is 3.28. The number of methoxy groups -OCH3 is 1. The summed E-state index contributed by atoms with van der Waals surface area (Å²) in [6.07, 6.45) is -0.816. The number of rotatable bonds is 9. The summed E-state index contributed by atoms with van der Waals surface area (Å²) in [5, 5.41) is 21.1. The van der Waals surface area contributed by atoms with Crippen LogP contribution in [0.4, 0.5) is 5.69 Å². The molecule has 10 nitrogen and oxygen atoms in total. The van der Waals surface area contributed by atoms with Gasteiger partial charge in [0.1, 0.15) is 24.2 Å². The van der Waals surface area contributed by atoms with Gasteiger partial charge < -0.3 is 14.6 Å². The molecule has 1 unspecified atom stereocenters. The minimum atomic E-state index is -3.59. The van der Waals surface area contributed by atoms with Crippen molar-refractivity contribution in [1.29, 1.82) is 0 Å². The van der Waals surface area contributed by atoms with E-state index in [9.17, 15) is 23.6 Å². The normalized spacial score (nSPS) is 16.6. The standard InChI is InChI=1S/C20H25N3O7S/c1-29-18-5-7-20(8-6-18)31(27,28)22-11-9-21(10-12-22)14-17(24)15-30-19-4-2-3-16(13-19)23(25)26/h2-8,13,17,24H,9-12,14-15H2,1H3. The van der Waals surface area contributed by atoms with Crippen LogP contribution in [0.1, 0.15) is 0 Å². The Bertz CT molecular complexity index is 990. The molecule has 1 heterocycles. The van der Waals surface area contributed by atoms with Gasteiger partial charge >= 0.3 is 0 Å². The highest BCUT2D eigenvalue weighted by atomic mass is 32.2. The number of ether oxygens (including phenoxy) is 2. The molecule has 1 aliphatic rings. The third kappa shape index (κ3) is 5.91. The molecule has 3 rings (SSSR count). The summed E-state index contributed by atoms with van der Waals surface area (Å²) in [4.78, 5) is 12.5. The van der Waals surface area contributed by atoms with Crippen molar-refractivity contribution >= 4 is 15.7 Å². The van der Waals surface area contributed by atoms with Gasteiger partial charge in [-0.15, -0.1) is 0 Å². The Morgan fingerprint density at radius 3 is 2.39 bits per heavy atom. The van der Waals surface area contributed by atoms with E-state index >= 15 is 0 Å². The highest BCUT2D eigenvalue weighted by molar-refractivity contribution is 7.89. The maximum atomic E-state index is 12.8. The zero-order valence-electron chi connectivity index (χ0n) is 17.1. The zero-order valence-corrected chi connectivity index (χ0v) is 17.9. The van der Waals surface area contributed by atoms with Crippen molar-refractivity contribution in [2.24, 2.45) is 0 Å². The van der Waals surface area contributed by atoms with E-state index in [1.807, 2.05) is 4.90 Å². The lowest BCUT2D eigenvalue weighted by molar-refractivity contribution is -0.384. The molecule has 1 fully saturated rings. The lowest BCUT2D eigenvalue weighted by Crippen LogP contribution is -2.50. The number of piperazine rings is 1. The summed E-state index contributed by atoms with van der Waals surface area (Å²) in [6.45, 7) is 1.86. The SMILES string of the molecule is COc1ccc(S(=O)(=O)N2CCN(CC(O)COc3cccc([N+](=O)[O-])c3)CC2)cc1. The maximum absolute atomic E-state index is 12.8. The second-order valence-corrected chi connectivity index (χ2v) is 9.04. The minimum Gasteiger partial charge on any atom is -0.497 e. The number of nitro benzene ring substituents is 1. The first kappa shape index (κ1) is 22.9. The Kier molecular flexibility index (Phi) is 7.44. The molecule has 0 bridgehead atoms. The summed E-state index contributed by atoms with van der Waals surface area (Å²) < 4.78 is 37.5. The molecule has 31 heavy (non-hydrogen) atoms. The van der Waals surface area contributed by atoms with Gasteiger partial charge in [-0.25, -0.2) is 8.42 Å². The van der Waals surface area contributed by atoms with Gasteiger partial charge in [0.25, 0.3) is 5.69 Å². The zero-order chi connectivity index (χ0) is 22.4. The molecular weight excluding hydrogens is 426 g/mol. The number of nitrogens with zero attached hydrogens (tertiary/aromatic N) is 3. The Labute approximate surface area is 180 Å². The molecule has 0 radical (unpaired) electrons. The molecule has 0 amide bonds. The summed E-state index contributed by atoms with van der Waals surface area (Å²) in [5.74, 6) is 0.897. The van der Waals surface area contributed by atoms with Gasteiger partial charge in [-0.2, -0.15) is 4.31 Å². The first-order chi connectivity index (χ1) is 14.8. The molecule has 1 aliphatic heterocycles. The van der Waals surface area contributed by atoms with Gasteiger partial charge in [-0.3, -0.25) is 15.0 Å². The third-order valence-electron chi connectivity index (χ3n) is 4.97. The molecule has 0 saturated carbocycles. The molecule has 0 aromatic heterocycles. The van der Waals surface area contributed by atoms with E-state index in [0.29, 0.717) is 44.2 Å². The largest absolute Gasteiger partial charge is 0.497 e. The number of hydrogen-bond donors (Lipinski definition) is 1. The predicted octanol–water partition coefficient (Wildman–Crippen LogP) is 1.35. The number of benzene rings is 2. The summed E-state index contributed by atoms with van der Waals surface area (Å²) in [5.41, 5.74) is -0.0822. The van der Waals surface area contributed by atoms with E-state index in [-0.39, 0.29) is 17.2 Å². The third-order valence-corrected chi connectivity index (χ3v) is 6.88. The molecule has 1 atom stereocenters. The van der Waals surface area contributed by atoms with E-state index in [1.54, 1.807) is 18.2 Å². The number of aliphatic hydroxyl groups excluding tert-OH is 1. The first-order valence-electron chi connectivity index (χ1n) is 9.71. The Hall–Kier alpha value is -2.73. The van der Waals surface area contributed by atoms with Crippen molar-refractivity contribution in [3.63, 3.8) is 0 Å². The van der Waals surface area contributed by atoms with Gasteiger partial charge in [-0.1, -0.05) is 6.07 Å². The molecule has 2 aromatic rings. The van der Waals surface area contributed by atoms with E-state index in [4.69, 9.17) is 9.47 Å². The molecule has 168 valence electrons. The minimum absolute atomic E-state index is 0.0223. The molecule has 1 saturated heterocycles. The lowest BCUT2D eigenvalue weighted by Gasteiger charge is -2.34. The fraction of sp³-hybridized carbons (Fsp3) is 0.400. The highest BCUT2D eigenvalue weighted by Crippen LogP contribution is 2.21. The van der Waals surface area contributed by atoms with Crippen molar-refractivity contribution in [1.82, 2.24) is 9.21 Å². The lowest BCUT2D eigenvalue weighted by atomic mass is 10.3. The van der Waals surface area contributed by atoms with Gasteiger partial charge in [-0.05, 0) is 30.3 Å². The van der Waals surface area contributed by atoms with Crippen LogP contribution in [0.2, 0.25) is 0 Å². The van der Waals surface area contributed by atoms with Gasteiger partial charge in [0.15, 0.2) is 0 Å². The average molecular weight is 452 g/mol. The Balaban J connectivity index is 1.48. The molecule has 1 N–H and O–H groups in total. The van der Waals surface area contributed by atoms with Crippen molar-refractivity contribution in [3.05, 3.63) is 58.6 Å². The summed E-state index contributed by atoms with van der Waals surface area (Å²) >= 11 is 0. The van der Waals surface area contributed by atoms with Gasteiger partial charge in [0.2, 0.25) is 10.0 Å². The van der Waals surface area contributed by atoms with Crippen LogP contribution in [-0.4, -0.2) is 80.2 Å². The van der Waals surface area contributed by atoms with Crippen molar-refractivity contribution in [2.75, 3.05) is 46.4 Å². The van der Waals surface area contributed by atoms with Crippen molar-refractivity contribution in [2.45, 2.75) is 11.0 Å². The van der Waals surface area contributed by atoms with E-state index in [2.05, 4.69) is 0 Å². The molecular formula is C20H25N3O7S. The predicted molar refractivity (Wildman–Crippen MR) is 113 cm³/mol. The summed E-state index contributed by atoms with van der Waals surface area (Å²) in [7, 11) is -2.07. The van der Waals surface area contributed by atoms with Crippen LogP contribution in [0.3, 0.4) is 0 Å². The topological polar surface area (TPSA) is 122 Å². The second kappa shape index (κ2) is 10.1. The van der Waals surface area contributed by atoms with Crippen LogP contribution in [0.15, 0.2) is 53.4 Å². The monoisotopic (exact) mass is 451 g/mol. The summed E-state index contributed by atoms with van der Waals surface area (Å²) in [6, 6.07) is 12.0. The first-order valence-corrected chi connectivity index (χ1v) is 11.2. The maximum Gasteiger partial charge on any atom is 0.273 e. The number of β-amino-alcohol motifs (C(OH)–C–C–N with tert-alkyl or cyclic N) is 1. The van der Waals surface area contributed by atoms with E-state index < -0.39 is 21.1 Å². The molecule has 11 heteroatoms. The number of hydrogen-bond acceptors (Lipinski definition) is 8. The second-order valence-electron chi connectivity index (χ2n) is 7.10. The molecule has 0 aliphatic carbocycles. The van der Waals surface area contributed by atoms with E-state index in [0.717, 1.165) is 0 Å². The molecule has 0 spiro atoms. The number of nitro groups is 1. The van der Waals surface area contributed by atoms with Crippen LogP contribution in [-0.2, 0) is 10.0 Å². The average Bonchev–Trinajstić information content (AvgIpc) is 2.78. The van der Waals surface area contributed by atoms with Crippen LogP contribution < -0.4 is 9.47 Å². The van der Waals surface area contributed by atoms with Gasteiger partial charge in [0, 0.05) is 38.8 Å². The Morgan fingerprint density at radius 1 is 1.10 bits per heavy atom.